The second kappa shape index (κ2) is 22.2. The van der Waals surface area contributed by atoms with Crippen LogP contribution in [0.5, 0.6) is 0 Å². The smallest absolute Gasteiger partial charge is 0.160 e. The fourth-order valence-electron chi connectivity index (χ4n) is 14.2. The Bertz CT molecular complexity index is 5890. The van der Waals surface area contributed by atoms with Crippen LogP contribution in [0.1, 0.15) is 0 Å². The molecule has 93 heavy (non-hydrogen) atoms. The van der Waals surface area contributed by atoms with Crippen molar-refractivity contribution in [1.29, 1.82) is 0 Å². The van der Waals surface area contributed by atoms with E-state index in [1.54, 1.807) is 0 Å². The fourth-order valence-corrected chi connectivity index (χ4v) is 14.2. The highest BCUT2D eigenvalue weighted by molar-refractivity contribution is 6.34. The second-order valence-corrected chi connectivity index (χ2v) is 23.8. The average molecular weight is 1190 g/mol. The number of nitrogens with zero attached hydrogens (tertiary/aromatic N) is 5. The van der Waals surface area contributed by atoms with Crippen LogP contribution in [-0.4, -0.2) is 19.5 Å². The van der Waals surface area contributed by atoms with E-state index < -0.39 is 0 Å². The third-order valence-electron chi connectivity index (χ3n) is 18.4. The van der Waals surface area contributed by atoms with Crippen LogP contribution in [0.2, 0.25) is 0 Å². The number of aromatic nitrogens is 4. The highest BCUT2D eigenvalue weighted by Crippen LogP contribution is 2.50. The molecule has 14 aromatic carbocycles. The lowest BCUT2D eigenvalue weighted by atomic mass is 9.93. The van der Waals surface area contributed by atoms with E-state index in [0.717, 1.165) is 144 Å². The Labute approximate surface area is 536 Å². The maximum absolute atomic E-state index is 7.66. The molecule has 0 atom stereocenters. The third kappa shape index (κ3) is 9.14. The van der Waals surface area contributed by atoms with Gasteiger partial charge in [-0.1, -0.05) is 255 Å². The van der Waals surface area contributed by atoms with Crippen LogP contribution < -0.4 is 4.90 Å². The first kappa shape index (κ1) is 53.5. The molecule has 0 spiro atoms. The fraction of sp³-hybridized carbons (Fsp3) is 0. The molecule has 0 aliphatic carbocycles. The van der Waals surface area contributed by atoms with E-state index in [-0.39, 0.29) is 0 Å². The van der Waals surface area contributed by atoms with Gasteiger partial charge < -0.3 is 9.32 Å². The number of furan rings is 1. The van der Waals surface area contributed by atoms with Gasteiger partial charge in [0.25, 0.3) is 0 Å². The quantitative estimate of drug-likeness (QED) is 0.121. The molecule has 4 aromatic heterocycles. The second-order valence-electron chi connectivity index (χ2n) is 23.8. The topological polar surface area (TPSA) is 60.0 Å². The van der Waals surface area contributed by atoms with E-state index in [4.69, 9.17) is 19.4 Å². The molecule has 18 aromatic rings. The summed E-state index contributed by atoms with van der Waals surface area (Å²) in [5.41, 5.74) is 20.1. The normalized spacial score (nSPS) is 11.7. The van der Waals surface area contributed by atoms with E-state index in [9.17, 15) is 0 Å². The van der Waals surface area contributed by atoms with Gasteiger partial charge in [0.05, 0.1) is 28.1 Å². The predicted molar refractivity (Wildman–Crippen MR) is 387 cm³/mol. The molecule has 6 heteroatoms. The van der Waals surface area contributed by atoms with Crippen molar-refractivity contribution in [3.05, 3.63) is 334 Å². The number of hydrogen-bond donors (Lipinski definition) is 0. The molecule has 0 amide bonds. The van der Waals surface area contributed by atoms with E-state index in [1.165, 1.54) is 21.7 Å². The van der Waals surface area contributed by atoms with Crippen molar-refractivity contribution < 1.29 is 4.42 Å². The Morgan fingerprint density at radius 3 is 1.51 bits per heavy atom. The van der Waals surface area contributed by atoms with Gasteiger partial charge in [-0.2, -0.15) is 0 Å². The van der Waals surface area contributed by atoms with Crippen molar-refractivity contribution in [3.63, 3.8) is 0 Å². The summed E-state index contributed by atoms with van der Waals surface area (Å²) < 4.78 is 9.98. The van der Waals surface area contributed by atoms with Gasteiger partial charge >= 0.3 is 0 Å². The van der Waals surface area contributed by atoms with E-state index in [1.807, 2.05) is 18.3 Å². The zero-order chi connectivity index (χ0) is 61.3. The molecule has 4 heterocycles. The van der Waals surface area contributed by atoms with Crippen molar-refractivity contribution >= 4 is 93.1 Å². The van der Waals surface area contributed by atoms with E-state index >= 15 is 0 Å². The summed E-state index contributed by atoms with van der Waals surface area (Å²) in [5, 5.41) is 11.1. The maximum atomic E-state index is 7.66. The summed E-state index contributed by atoms with van der Waals surface area (Å²) in [5.74, 6) is 1.28. The minimum Gasteiger partial charge on any atom is -0.453 e. The average Bonchev–Trinajstić information content (AvgIpc) is 1.58. The van der Waals surface area contributed by atoms with E-state index in [2.05, 4.69) is 325 Å². The molecule has 0 radical (unpaired) electrons. The number of rotatable bonds is 11. The molecule has 0 bridgehead atoms. The SMILES string of the molecule is c1ccc(-c2ccc(N(c3cccc(-c4ccccc4-c4ccccc4)c3)c3cccc4c3c3ccc5c6ccc7c8ccccc8c8ccccc8c7c6oc5c3n4-c3cc(-c4nc(-c5ccccc5)cc(-c5cccc(-c6ccccc6)c5)n4)ccn3)cc2)cc1. The van der Waals surface area contributed by atoms with Gasteiger partial charge in [-0.15, -0.1) is 0 Å². The Morgan fingerprint density at radius 1 is 0.290 bits per heavy atom. The molecule has 0 saturated carbocycles. The van der Waals surface area contributed by atoms with Gasteiger partial charge in [0, 0.05) is 61.2 Å². The molecule has 0 N–H and O–H groups in total. The number of pyridine rings is 1. The lowest BCUT2D eigenvalue weighted by Crippen LogP contribution is -2.10. The molecule has 18 rings (SSSR count). The van der Waals surface area contributed by atoms with E-state index in [0.29, 0.717) is 11.6 Å². The monoisotopic (exact) mass is 1190 g/mol. The molecule has 0 fully saturated rings. The van der Waals surface area contributed by atoms with Gasteiger partial charge in [-0.25, -0.2) is 15.0 Å². The summed E-state index contributed by atoms with van der Waals surface area (Å²) >= 11 is 0. The van der Waals surface area contributed by atoms with Gasteiger partial charge in [0.15, 0.2) is 11.4 Å². The van der Waals surface area contributed by atoms with Crippen molar-refractivity contribution in [2.45, 2.75) is 0 Å². The highest BCUT2D eigenvalue weighted by Gasteiger charge is 2.27. The lowest BCUT2D eigenvalue weighted by molar-refractivity contribution is 0.675. The molecular formula is C87H55N5O. The van der Waals surface area contributed by atoms with Gasteiger partial charge in [-0.05, 0) is 144 Å². The lowest BCUT2D eigenvalue weighted by Gasteiger charge is -2.27. The summed E-state index contributed by atoms with van der Waals surface area (Å²) in [6, 6.07) is 117. The zero-order valence-electron chi connectivity index (χ0n) is 50.4. The van der Waals surface area contributed by atoms with Crippen LogP contribution >= 0.6 is 0 Å². The summed E-state index contributed by atoms with van der Waals surface area (Å²) in [6.45, 7) is 0. The largest absolute Gasteiger partial charge is 0.453 e. The van der Waals surface area contributed by atoms with Crippen molar-refractivity contribution in [3.8, 4) is 84.2 Å². The summed E-state index contributed by atoms with van der Waals surface area (Å²) in [6.07, 6.45) is 1.89. The van der Waals surface area contributed by atoms with Crippen molar-refractivity contribution in [1.82, 2.24) is 19.5 Å². The Kier molecular flexibility index (Phi) is 12.8. The first-order valence-electron chi connectivity index (χ1n) is 31.6. The number of benzene rings is 14. The van der Waals surface area contributed by atoms with Gasteiger partial charge in [0.1, 0.15) is 11.4 Å². The molecule has 434 valence electrons. The first-order chi connectivity index (χ1) is 46.1. The molecule has 6 nitrogen and oxygen atoms in total. The Hall–Kier alpha value is -12.5. The summed E-state index contributed by atoms with van der Waals surface area (Å²) in [4.78, 5) is 18.6. The third-order valence-corrected chi connectivity index (χ3v) is 18.4. The molecule has 0 saturated heterocycles. The van der Waals surface area contributed by atoms with Gasteiger partial charge in [-0.3, -0.25) is 4.57 Å². The van der Waals surface area contributed by atoms with Crippen molar-refractivity contribution in [2.24, 2.45) is 0 Å². The zero-order valence-corrected chi connectivity index (χ0v) is 50.4. The molecule has 0 unspecified atom stereocenters. The van der Waals surface area contributed by atoms with Crippen LogP contribution in [0.3, 0.4) is 0 Å². The first-order valence-corrected chi connectivity index (χ1v) is 31.6. The predicted octanol–water partition coefficient (Wildman–Crippen LogP) is 23.5. The summed E-state index contributed by atoms with van der Waals surface area (Å²) in [7, 11) is 0. The molecular weight excluding hydrogens is 1130 g/mol. The number of fused-ring (bicyclic) bond motifs is 14. The minimum absolute atomic E-state index is 0.583. The van der Waals surface area contributed by atoms with Crippen LogP contribution in [0.15, 0.2) is 338 Å². The standard InChI is InChI=1S/C87H55N5O/c1-5-22-56(23-6-1)58-42-44-65(45-43-58)91(66-33-20-31-62(53-66)68-35-14-13-34-67(68)59-26-9-3-10-27-59)79-40-21-41-80-83(79)76-49-48-75-74-47-46-73-71-38-16-15-36-69(71)70-37-17-18-39-72(70)82(73)85(74)93-86(75)84(76)92(80)81-54-64(50-51-88-81)87-89-77(60-28-11-4-12-29-60)55-78(90-87)63-32-19-30-61(52-63)57-24-7-2-8-25-57/h1-55H. The van der Waals surface area contributed by atoms with Crippen LogP contribution in [0.25, 0.3) is 160 Å². The molecule has 0 aliphatic rings. The number of anilines is 3. The van der Waals surface area contributed by atoms with Gasteiger partial charge in [0.2, 0.25) is 0 Å². The van der Waals surface area contributed by atoms with Crippen LogP contribution in [0, 0.1) is 0 Å². The van der Waals surface area contributed by atoms with Crippen LogP contribution in [0.4, 0.5) is 17.1 Å². The molecule has 0 aliphatic heterocycles. The maximum Gasteiger partial charge on any atom is 0.160 e. The Morgan fingerprint density at radius 2 is 0.796 bits per heavy atom. The highest BCUT2D eigenvalue weighted by atomic mass is 16.3. The van der Waals surface area contributed by atoms with Crippen molar-refractivity contribution in [2.75, 3.05) is 4.90 Å². The Balaban J connectivity index is 0.903. The minimum atomic E-state index is 0.583. The van der Waals surface area contributed by atoms with Crippen LogP contribution in [-0.2, 0) is 0 Å². The number of hydrogen-bond acceptors (Lipinski definition) is 5.